The number of amides is 2. The number of methoxy groups -OCH3 is 1. The molecule has 2 aliphatic rings. The number of hydrogen-bond acceptors (Lipinski definition) is 7. The number of nitrogens with zero attached hydrogens (tertiary/aromatic N) is 2. The molecule has 3 atom stereocenters. The number of carbonyl (C=O) groups excluding carboxylic acids is 3. The second-order valence-corrected chi connectivity index (χ2v) is 10.4. The Morgan fingerprint density at radius 3 is 2.20 bits per heavy atom. The summed E-state index contributed by atoms with van der Waals surface area (Å²) in [5.41, 5.74) is 2.30. The Balaban J connectivity index is 1.39. The summed E-state index contributed by atoms with van der Waals surface area (Å²) >= 11 is 2.12. The minimum absolute atomic E-state index is 0.233. The number of para-hydroxylation sites is 2. The normalized spacial score (nSPS) is 20.0. The number of ether oxygens (including phenoxy) is 2. The van der Waals surface area contributed by atoms with Gasteiger partial charge in [0, 0.05) is 3.57 Å². The first-order valence-electron chi connectivity index (χ1n) is 12.6. The lowest BCUT2D eigenvalue weighted by atomic mass is 9.90. The summed E-state index contributed by atoms with van der Waals surface area (Å²) in [4.78, 5) is 47.7. The van der Waals surface area contributed by atoms with Crippen molar-refractivity contribution in [1.29, 1.82) is 0 Å². The molecule has 8 nitrogen and oxygen atoms in total. The van der Waals surface area contributed by atoms with Crippen molar-refractivity contribution in [3.05, 3.63) is 118 Å². The van der Waals surface area contributed by atoms with Crippen molar-refractivity contribution in [3.8, 4) is 11.5 Å². The summed E-state index contributed by atoms with van der Waals surface area (Å²) in [6.07, 6.45) is -1.00. The predicted molar refractivity (Wildman–Crippen MR) is 156 cm³/mol. The SMILES string of the molecule is COc1cc([C@@H]2[C@H]3C(=O)N(c4ccccc4I)C(=O)[C@@H]3ON2c2ccccc2)ccc1OC(=O)c1ccccc1. The molecule has 2 saturated heterocycles. The molecule has 0 unspecified atom stereocenters. The van der Waals surface area contributed by atoms with Crippen LogP contribution in [0.4, 0.5) is 11.4 Å². The molecule has 6 rings (SSSR count). The zero-order valence-electron chi connectivity index (χ0n) is 21.3. The van der Waals surface area contributed by atoms with E-state index in [9.17, 15) is 14.4 Å². The highest BCUT2D eigenvalue weighted by atomic mass is 127. The molecule has 0 bridgehead atoms. The number of esters is 1. The number of benzene rings is 4. The molecule has 9 heteroatoms. The molecule has 2 amide bonds. The van der Waals surface area contributed by atoms with Gasteiger partial charge in [-0.05, 0) is 76.7 Å². The van der Waals surface area contributed by atoms with Crippen LogP contribution in [-0.4, -0.2) is 31.0 Å². The molecule has 2 fully saturated rings. The van der Waals surface area contributed by atoms with Crippen LogP contribution >= 0.6 is 22.6 Å². The first-order chi connectivity index (χ1) is 19.5. The maximum Gasteiger partial charge on any atom is 0.343 e. The summed E-state index contributed by atoms with van der Waals surface area (Å²) < 4.78 is 12.0. The van der Waals surface area contributed by atoms with Crippen LogP contribution in [0.25, 0.3) is 0 Å². The Kier molecular flexibility index (Phi) is 6.99. The molecule has 4 aromatic carbocycles. The van der Waals surface area contributed by atoms with E-state index >= 15 is 0 Å². The molecule has 40 heavy (non-hydrogen) atoms. The van der Waals surface area contributed by atoms with Crippen LogP contribution in [0.1, 0.15) is 22.0 Å². The van der Waals surface area contributed by atoms with Gasteiger partial charge in [0.05, 0.1) is 30.1 Å². The maximum atomic E-state index is 13.9. The molecule has 0 saturated carbocycles. The largest absolute Gasteiger partial charge is 0.493 e. The monoisotopic (exact) mass is 646 g/mol. The highest BCUT2D eigenvalue weighted by molar-refractivity contribution is 14.1. The Morgan fingerprint density at radius 1 is 0.825 bits per heavy atom. The smallest absolute Gasteiger partial charge is 0.343 e. The third-order valence-corrected chi connectivity index (χ3v) is 7.87. The van der Waals surface area contributed by atoms with Gasteiger partial charge in [-0.15, -0.1) is 0 Å². The van der Waals surface area contributed by atoms with E-state index in [4.69, 9.17) is 14.3 Å². The zero-order chi connectivity index (χ0) is 27.8. The number of rotatable bonds is 6. The van der Waals surface area contributed by atoms with E-state index in [1.807, 2.05) is 48.5 Å². The van der Waals surface area contributed by atoms with Gasteiger partial charge in [-0.1, -0.05) is 54.6 Å². The number of halogens is 1. The van der Waals surface area contributed by atoms with Gasteiger partial charge in [0.1, 0.15) is 5.92 Å². The van der Waals surface area contributed by atoms with Crippen molar-refractivity contribution in [2.75, 3.05) is 17.1 Å². The predicted octanol–water partition coefficient (Wildman–Crippen LogP) is 5.57. The lowest BCUT2D eigenvalue weighted by molar-refractivity contribution is -0.126. The van der Waals surface area contributed by atoms with E-state index in [-0.39, 0.29) is 11.7 Å². The van der Waals surface area contributed by atoms with Gasteiger partial charge in [0.25, 0.3) is 5.91 Å². The van der Waals surface area contributed by atoms with Gasteiger partial charge in [0.15, 0.2) is 17.6 Å². The third-order valence-electron chi connectivity index (χ3n) is 6.96. The van der Waals surface area contributed by atoms with E-state index in [1.165, 1.54) is 12.0 Å². The molecule has 0 radical (unpaired) electrons. The maximum absolute atomic E-state index is 13.9. The molecule has 0 spiro atoms. The molecule has 2 aliphatic heterocycles. The van der Waals surface area contributed by atoms with Crippen LogP contribution in [0.15, 0.2) is 103 Å². The van der Waals surface area contributed by atoms with Gasteiger partial charge in [-0.3, -0.25) is 14.4 Å². The number of carbonyl (C=O) groups is 3. The van der Waals surface area contributed by atoms with Gasteiger partial charge in [-0.2, -0.15) is 0 Å². The number of imide groups is 1. The van der Waals surface area contributed by atoms with Crippen molar-refractivity contribution in [2.45, 2.75) is 12.1 Å². The Labute approximate surface area is 244 Å². The minimum Gasteiger partial charge on any atom is -0.493 e. The van der Waals surface area contributed by atoms with Crippen LogP contribution in [0.2, 0.25) is 0 Å². The van der Waals surface area contributed by atoms with Crippen molar-refractivity contribution in [1.82, 2.24) is 0 Å². The summed E-state index contributed by atoms with van der Waals surface area (Å²) in [7, 11) is 1.48. The minimum atomic E-state index is -1.00. The molecule has 2 heterocycles. The summed E-state index contributed by atoms with van der Waals surface area (Å²) in [5.74, 6) is -1.55. The third kappa shape index (κ3) is 4.50. The lowest BCUT2D eigenvalue weighted by Gasteiger charge is -2.29. The zero-order valence-corrected chi connectivity index (χ0v) is 23.4. The number of fused-ring (bicyclic) bond motifs is 1. The van der Waals surface area contributed by atoms with Gasteiger partial charge in [0.2, 0.25) is 5.91 Å². The molecule has 4 aromatic rings. The van der Waals surface area contributed by atoms with Crippen molar-refractivity contribution >= 4 is 51.7 Å². The van der Waals surface area contributed by atoms with Crippen LogP contribution < -0.4 is 19.4 Å². The van der Waals surface area contributed by atoms with Crippen molar-refractivity contribution < 1.29 is 28.7 Å². The van der Waals surface area contributed by atoms with E-state index < -0.39 is 29.9 Å². The molecule has 0 N–H and O–H groups in total. The topological polar surface area (TPSA) is 85.4 Å². The van der Waals surface area contributed by atoms with Crippen LogP contribution in [-0.2, 0) is 14.4 Å². The fraction of sp³-hybridized carbons (Fsp3) is 0.129. The average Bonchev–Trinajstić information content (AvgIpc) is 3.50. The van der Waals surface area contributed by atoms with E-state index in [1.54, 1.807) is 59.7 Å². The molecular weight excluding hydrogens is 623 g/mol. The Morgan fingerprint density at radius 2 is 1.50 bits per heavy atom. The van der Waals surface area contributed by atoms with Crippen LogP contribution in [0.5, 0.6) is 11.5 Å². The van der Waals surface area contributed by atoms with Gasteiger partial charge < -0.3 is 9.47 Å². The fourth-order valence-electron chi connectivity index (χ4n) is 5.11. The van der Waals surface area contributed by atoms with Crippen molar-refractivity contribution in [2.24, 2.45) is 5.92 Å². The van der Waals surface area contributed by atoms with E-state index in [0.717, 1.165) is 3.57 Å². The van der Waals surface area contributed by atoms with Crippen LogP contribution in [0, 0.1) is 9.49 Å². The molecule has 0 aliphatic carbocycles. The van der Waals surface area contributed by atoms with E-state index in [2.05, 4.69) is 22.6 Å². The standard InChI is InChI=1S/C31H23IN2O6/c1-38-25-18-20(16-17-24(25)39-31(37)19-10-4-2-5-11-19)27-26-28(40-34(27)21-12-6-3-7-13-21)30(36)33(29(26)35)23-15-9-8-14-22(23)32/h2-18,26-28H,1H3/t26-,27-,28-/m1/s1. The van der Waals surface area contributed by atoms with Crippen molar-refractivity contribution in [3.63, 3.8) is 0 Å². The second kappa shape index (κ2) is 10.7. The number of hydrogen-bond donors (Lipinski definition) is 0. The van der Waals surface area contributed by atoms with Crippen LogP contribution in [0.3, 0.4) is 0 Å². The first kappa shape index (κ1) is 26.0. The summed E-state index contributed by atoms with van der Waals surface area (Å²) in [6.45, 7) is 0. The Bertz CT molecular complexity index is 1600. The average molecular weight is 646 g/mol. The quantitative estimate of drug-likeness (QED) is 0.117. The fourth-order valence-corrected chi connectivity index (χ4v) is 5.74. The summed E-state index contributed by atoms with van der Waals surface area (Å²) in [6, 6.07) is 29.7. The highest BCUT2D eigenvalue weighted by Crippen LogP contribution is 2.49. The van der Waals surface area contributed by atoms with Gasteiger partial charge in [-0.25, -0.2) is 14.8 Å². The molecule has 200 valence electrons. The second-order valence-electron chi connectivity index (χ2n) is 9.29. The van der Waals surface area contributed by atoms with E-state index in [0.29, 0.717) is 28.3 Å². The molecular formula is C31H23IN2O6. The number of hydroxylamine groups is 1. The highest BCUT2D eigenvalue weighted by Gasteiger charge is 2.60. The Hall–Kier alpha value is -4.22. The van der Waals surface area contributed by atoms with Gasteiger partial charge >= 0.3 is 5.97 Å². The number of anilines is 2. The lowest BCUT2D eigenvalue weighted by Crippen LogP contribution is -2.37. The summed E-state index contributed by atoms with van der Waals surface area (Å²) in [5, 5.41) is 1.61. The first-order valence-corrected chi connectivity index (χ1v) is 13.6. The molecule has 0 aromatic heterocycles.